The van der Waals surface area contributed by atoms with Crippen molar-refractivity contribution in [1.82, 2.24) is 9.78 Å². The number of nitrogens with zero attached hydrogens (tertiary/aromatic N) is 2. The summed E-state index contributed by atoms with van der Waals surface area (Å²) in [5.74, 6) is 0.502. The number of aldehydes is 1. The number of hydrogen-bond acceptors (Lipinski definition) is 3. The molecule has 4 nitrogen and oxygen atoms in total. The second kappa shape index (κ2) is 5.85. The van der Waals surface area contributed by atoms with Crippen molar-refractivity contribution in [3.63, 3.8) is 0 Å². The molecule has 0 fully saturated rings. The zero-order valence-electron chi connectivity index (χ0n) is 11.4. The molecule has 6 heteroatoms. The summed E-state index contributed by atoms with van der Waals surface area (Å²) in [4.78, 5) is 11.2. The van der Waals surface area contributed by atoms with E-state index in [2.05, 4.69) is 5.10 Å². The van der Waals surface area contributed by atoms with Gasteiger partial charge in [-0.25, -0.2) is 0 Å². The van der Waals surface area contributed by atoms with E-state index in [0.717, 1.165) is 0 Å². The quantitative estimate of drug-likeness (QED) is 0.802. The molecule has 0 aliphatic rings. The lowest BCUT2D eigenvalue weighted by atomic mass is 10.1. The fourth-order valence-corrected chi connectivity index (χ4v) is 2.26. The Bertz CT molecular complexity index is 651. The highest BCUT2D eigenvalue weighted by Crippen LogP contribution is 2.38. The lowest BCUT2D eigenvalue weighted by molar-refractivity contribution is 0.112. The summed E-state index contributed by atoms with van der Waals surface area (Å²) in [6.07, 6.45) is 0.637. The summed E-state index contributed by atoms with van der Waals surface area (Å²) in [5.41, 5.74) is 1.44. The Morgan fingerprint density at radius 3 is 2.65 bits per heavy atom. The molecule has 1 aromatic heterocycles. The minimum atomic E-state index is -0.0486. The third-order valence-corrected chi connectivity index (χ3v) is 3.45. The maximum Gasteiger partial charge on any atom is 0.155 e. The molecule has 0 bridgehead atoms. The number of aryl methyl sites for hydroxylation is 1. The molecule has 1 aromatic carbocycles. The predicted molar refractivity (Wildman–Crippen MR) is 79.8 cm³/mol. The number of halogens is 2. The minimum absolute atomic E-state index is 0.0486. The Kier molecular flexibility index (Phi) is 4.35. The summed E-state index contributed by atoms with van der Waals surface area (Å²) in [6, 6.07) is 5.31. The molecule has 0 aliphatic carbocycles. The number of carbonyl (C=O) groups is 1. The van der Waals surface area contributed by atoms with Crippen LogP contribution in [-0.4, -0.2) is 22.2 Å². The maximum absolute atomic E-state index is 11.2. The highest BCUT2D eigenvalue weighted by atomic mass is 35.5. The van der Waals surface area contributed by atoms with Crippen LogP contribution in [0.1, 0.15) is 24.2 Å². The van der Waals surface area contributed by atoms with Crippen molar-refractivity contribution in [2.75, 3.05) is 0 Å². The van der Waals surface area contributed by atoms with Crippen LogP contribution < -0.4 is 4.74 Å². The summed E-state index contributed by atoms with van der Waals surface area (Å²) < 4.78 is 7.18. The highest BCUT2D eigenvalue weighted by Gasteiger charge is 2.20. The first-order chi connectivity index (χ1) is 9.45. The first-order valence-corrected chi connectivity index (χ1v) is 6.84. The van der Waals surface area contributed by atoms with Crippen LogP contribution in [0.3, 0.4) is 0 Å². The van der Waals surface area contributed by atoms with E-state index in [4.69, 9.17) is 27.9 Å². The Morgan fingerprint density at radius 2 is 2.05 bits per heavy atom. The van der Waals surface area contributed by atoms with Crippen molar-refractivity contribution in [2.45, 2.75) is 20.0 Å². The Balaban J connectivity index is 2.67. The van der Waals surface area contributed by atoms with E-state index in [9.17, 15) is 4.79 Å². The first kappa shape index (κ1) is 14.9. The Morgan fingerprint density at radius 1 is 1.35 bits per heavy atom. The fourth-order valence-electron chi connectivity index (χ4n) is 1.87. The van der Waals surface area contributed by atoms with Gasteiger partial charge in [-0.3, -0.25) is 9.48 Å². The van der Waals surface area contributed by atoms with Gasteiger partial charge in [0.1, 0.15) is 16.6 Å². The van der Waals surface area contributed by atoms with Gasteiger partial charge in [-0.2, -0.15) is 5.10 Å². The van der Waals surface area contributed by atoms with Crippen LogP contribution in [0.5, 0.6) is 5.75 Å². The Hall–Kier alpha value is -1.52. The molecule has 106 valence electrons. The number of para-hydroxylation sites is 1. The molecule has 0 aliphatic heterocycles. The summed E-state index contributed by atoms with van der Waals surface area (Å²) >= 11 is 12.2. The second-order valence-electron chi connectivity index (χ2n) is 4.58. The molecule has 1 heterocycles. The third kappa shape index (κ3) is 2.67. The molecule has 0 atom stereocenters. The van der Waals surface area contributed by atoms with Gasteiger partial charge in [0.15, 0.2) is 6.29 Å². The lowest BCUT2D eigenvalue weighted by Gasteiger charge is -2.15. The average Bonchev–Trinajstić information content (AvgIpc) is 2.67. The van der Waals surface area contributed by atoms with Crippen LogP contribution >= 0.6 is 23.2 Å². The number of aromatic nitrogens is 2. The second-order valence-corrected chi connectivity index (χ2v) is 5.34. The van der Waals surface area contributed by atoms with Crippen LogP contribution in [0.25, 0.3) is 11.3 Å². The van der Waals surface area contributed by atoms with Gasteiger partial charge in [0.2, 0.25) is 0 Å². The first-order valence-electron chi connectivity index (χ1n) is 6.09. The molecular weight excluding hydrogens is 299 g/mol. The molecule has 2 rings (SSSR count). The van der Waals surface area contributed by atoms with Crippen molar-refractivity contribution in [1.29, 1.82) is 0 Å². The zero-order valence-corrected chi connectivity index (χ0v) is 12.9. The standard InChI is InChI=1S/C14H14Cl2N2O2/c1-8(2)20-13-9(5-4-6-11(13)15)12-10(7-19)14(16)18(3)17-12/h4-8H,1-3H3. The smallest absolute Gasteiger partial charge is 0.155 e. The molecule has 0 spiro atoms. The SMILES string of the molecule is CC(C)Oc1c(Cl)cccc1-c1nn(C)c(Cl)c1C=O. The third-order valence-electron chi connectivity index (χ3n) is 2.70. The summed E-state index contributed by atoms with van der Waals surface area (Å²) in [5, 5.41) is 5.03. The largest absolute Gasteiger partial charge is 0.489 e. The van der Waals surface area contributed by atoms with Gasteiger partial charge >= 0.3 is 0 Å². The van der Waals surface area contributed by atoms with Crippen molar-refractivity contribution in [3.8, 4) is 17.0 Å². The molecular formula is C14H14Cl2N2O2. The van der Waals surface area contributed by atoms with E-state index >= 15 is 0 Å². The molecule has 0 saturated heterocycles. The van der Waals surface area contributed by atoms with E-state index in [1.54, 1.807) is 25.2 Å². The van der Waals surface area contributed by atoms with Gasteiger partial charge in [-0.15, -0.1) is 0 Å². The maximum atomic E-state index is 11.2. The number of carbonyl (C=O) groups excluding carboxylic acids is 1. The van der Waals surface area contributed by atoms with E-state index in [0.29, 0.717) is 33.9 Å². The highest BCUT2D eigenvalue weighted by molar-refractivity contribution is 6.33. The number of benzene rings is 1. The van der Waals surface area contributed by atoms with Gasteiger partial charge in [0, 0.05) is 12.6 Å². The topological polar surface area (TPSA) is 44.1 Å². The number of rotatable bonds is 4. The van der Waals surface area contributed by atoms with Gasteiger partial charge < -0.3 is 4.74 Å². The van der Waals surface area contributed by atoms with E-state index < -0.39 is 0 Å². The van der Waals surface area contributed by atoms with Crippen molar-refractivity contribution < 1.29 is 9.53 Å². The fraction of sp³-hybridized carbons (Fsp3) is 0.286. The van der Waals surface area contributed by atoms with Crippen molar-refractivity contribution in [3.05, 3.63) is 33.9 Å². The minimum Gasteiger partial charge on any atom is -0.489 e. The van der Waals surface area contributed by atoms with Crippen LogP contribution in [0.4, 0.5) is 0 Å². The van der Waals surface area contributed by atoms with E-state index in [-0.39, 0.29) is 11.3 Å². The van der Waals surface area contributed by atoms with Gasteiger partial charge in [-0.05, 0) is 26.0 Å². The summed E-state index contributed by atoms with van der Waals surface area (Å²) in [6.45, 7) is 3.80. The molecule has 20 heavy (non-hydrogen) atoms. The average molecular weight is 313 g/mol. The summed E-state index contributed by atoms with van der Waals surface area (Å²) in [7, 11) is 1.67. The van der Waals surface area contributed by atoms with Crippen LogP contribution in [-0.2, 0) is 7.05 Å². The van der Waals surface area contributed by atoms with Crippen LogP contribution in [0.15, 0.2) is 18.2 Å². The van der Waals surface area contributed by atoms with Crippen LogP contribution in [0.2, 0.25) is 10.2 Å². The molecule has 2 aromatic rings. The lowest BCUT2D eigenvalue weighted by Crippen LogP contribution is -2.07. The molecule has 0 unspecified atom stereocenters. The Labute approximate surface area is 127 Å². The number of hydrogen-bond donors (Lipinski definition) is 0. The van der Waals surface area contributed by atoms with Crippen molar-refractivity contribution >= 4 is 29.5 Å². The van der Waals surface area contributed by atoms with Gasteiger partial charge in [0.05, 0.1) is 16.7 Å². The molecule has 0 amide bonds. The molecule has 0 radical (unpaired) electrons. The van der Waals surface area contributed by atoms with Gasteiger partial charge in [0.25, 0.3) is 0 Å². The van der Waals surface area contributed by atoms with Crippen molar-refractivity contribution in [2.24, 2.45) is 7.05 Å². The normalized spacial score (nSPS) is 10.9. The van der Waals surface area contributed by atoms with Crippen LogP contribution in [0, 0.1) is 0 Å². The molecule has 0 N–H and O–H groups in total. The molecule has 0 saturated carbocycles. The predicted octanol–water partition coefficient (Wildman–Crippen LogP) is 3.99. The zero-order chi connectivity index (χ0) is 14.9. The van der Waals surface area contributed by atoms with Gasteiger partial charge in [-0.1, -0.05) is 29.3 Å². The number of ether oxygens (including phenoxy) is 1. The van der Waals surface area contributed by atoms with E-state index in [1.807, 2.05) is 13.8 Å². The monoisotopic (exact) mass is 312 g/mol. The van der Waals surface area contributed by atoms with E-state index in [1.165, 1.54) is 4.68 Å².